The molecule has 0 aliphatic heterocycles. The van der Waals surface area contributed by atoms with Gasteiger partial charge in [-0.25, -0.2) is 0 Å². The maximum atomic E-state index is 5.87. The molecule has 0 amide bonds. The van der Waals surface area contributed by atoms with Crippen LogP contribution in [0.15, 0.2) is 0 Å². The molecular weight excluding hydrogens is 110 g/mol. The Bertz CT molecular complexity index is 80.6. The molecule has 0 unspecified atom stereocenters. The van der Waals surface area contributed by atoms with Gasteiger partial charge in [0.15, 0.2) is 0 Å². The monoisotopic (exact) mass is 127 g/mol. The molecule has 2 N–H and O–H groups in total. The Morgan fingerprint density at radius 1 is 1.44 bits per heavy atom. The van der Waals surface area contributed by atoms with E-state index < -0.39 is 0 Å². The van der Waals surface area contributed by atoms with Crippen molar-refractivity contribution in [3.63, 3.8) is 0 Å². The third kappa shape index (κ3) is 1.68. The summed E-state index contributed by atoms with van der Waals surface area (Å²) < 4.78 is 0. The largest absolute Gasteiger partial charge is 0.327 e. The fraction of sp³-hybridized carbons (Fsp3) is 1.00. The predicted octanol–water partition coefficient (Wildman–Crippen LogP) is 1.91. The molecule has 0 aromatic carbocycles. The molecular formula is C8H17N. The minimum absolute atomic E-state index is 0.532. The van der Waals surface area contributed by atoms with Crippen molar-refractivity contribution in [2.45, 2.75) is 45.1 Å². The zero-order valence-electron chi connectivity index (χ0n) is 6.27. The van der Waals surface area contributed by atoms with Crippen LogP contribution in [0.2, 0.25) is 0 Å². The van der Waals surface area contributed by atoms with Crippen molar-refractivity contribution in [2.75, 3.05) is 0 Å². The molecule has 0 aromatic rings. The van der Waals surface area contributed by atoms with Gasteiger partial charge in [0.1, 0.15) is 0 Å². The van der Waals surface area contributed by atoms with E-state index in [-0.39, 0.29) is 0 Å². The van der Waals surface area contributed by atoms with Gasteiger partial charge in [-0.05, 0) is 25.2 Å². The molecule has 0 saturated heterocycles. The third-order valence-electron chi connectivity index (χ3n) is 2.38. The first-order valence-electron chi connectivity index (χ1n) is 4.10. The van der Waals surface area contributed by atoms with Crippen molar-refractivity contribution >= 4 is 0 Å². The van der Waals surface area contributed by atoms with Crippen LogP contribution < -0.4 is 5.73 Å². The van der Waals surface area contributed by atoms with E-state index in [0.29, 0.717) is 6.04 Å². The van der Waals surface area contributed by atoms with E-state index in [1.54, 1.807) is 0 Å². The Morgan fingerprint density at radius 3 is 2.67 bits per heavy atom. The van der Waals surface area contributed by atoms with Gasteiger partial charge in [0, 0.05) is 6.04 Å². The summed E-state index contributed by atoms with van der Waals surface area (Å²) >= 11 is 0. The fourth-order valence-corrected chi connectivity index (χ4v) is 1.79. The summed E-state index contributed by atoms with van der Waals surface area (Å²) in [5.74, 6) is 0.856. The van der Waals surface area contributed by atoms with Crippen molar-refractivity contribution in [1.82, 2.24) is 0 Å². The summed E-state index contributed by atoms with van der Waals surface area (Å²) in [7, 11) is 0. The molecule has 1 aliphatic rings. The van der Waals surface area contributed by atoms with Crippen molar-refractivity contribution in [1.29, 1.82) is 0 Å². The van der Waals surface area contributed by atoms with E-state index in [2.05, 4.69) is 6.92 Å². The molecule has 1 nitrogen and oxygen atoms in total. The summed E-state index contributed by atoms with van der Waals surface area (Å²) in [6.45, 7) is 2.24. The van der Waals surface area contributed by atoms with Crippen LogP contribution in [-0.4, -0.2) is 6.04 Å². The SMILES string of the molecule is CCC[C@@H]1CCC[C@H]1N. The summed E-state index contributed by atoms with van der Waals surface area (Å²) in [4.78, 5) is 0. The smallest absolute Gasteiger partial charge is 0.00671 e. The summed E-state index contributed by atoms with van der Waals surface area (Å²) in [5, 5.41) is 0. The minimum Gasteiger partial charge on any atom is -0.327 e. The van der Waals surface area contributed by atoms with E-state index in [1.807, 2.05) is 0 Å². The lowest BCUT2D eigenvalue weighted by atomic mass is 9.99. The van der Waals surface area contributed by atoms with E-state index in [9.17, 15) is 0 Å². The molecule has 0 spiro atoms. The van der Waals surface area contributed by atoms with Gasteiger partial charge in [0.2, 0.25) is 0 Å². The first-order chi connectivity index (χ1) is 4.34. The molecule has 1 aliphatic carbocycles. The van der Waals surface area contributed by atoms with Crippen LogP contribution in [0.1, 0.15) is 39.0 Å². The normalized spacial score (nSPS) is 35.3. The average molecular weight is 127 g/mol. The lowest BCUT2D eigenvalue weighted by Gasteiger charge is -2.12. The van der Waals surface area contributed by atoms with E-state index in [4.69, 9.17) is 5.73 Å². The quantitative estimate of drug-likeness (QED) is 0.602. The average Bonchev–Trinajstić information content (AvgIpc) is 2.18. The molecule has 9 heavy (non-hydrogen) atoms. The molecule has 1 saturated carbocycles. The van der Waals surface area contributed by atoms with Gasteiger partial charge in [0.05, 0.1) is 0 Å². The highest BCUT2D eigenvalue weighted by molar-refractivity contribution is 4.79. The third-order valence-corrected chi connectivity index (χ3v) is 2.38. The lowest BCUT2D eigenvalue weighted by Crippen LogP contribution is -2.23. The summed E-state index contributed by atoms with van der Waals surface area (Å²) in [5.41, 5.74) is 5.87. The second kappa shape index (κ2) is 3.21. The van der Waals surface area contributed by atoms with Crippen molar-refractivity contribution < 1.29 is 0 Å². The standard InChI is InChI=1S/C8H17N/c1-2-4-7-5-3-6-8(7)9/h7-8H,2-6,9H2,1H3/t7-,8-/m1/s1. The molecule has 0 bridgehead atoms. The van der Waals surface area contributed by atoms with Gasteiger partial charge >= 0.3 is 0 Å². The van der Waals surface area contributed by atoms with Gasteiger partial charge in [-0.2, -0.15) is 0 Å². The Kier molecular flexibility index (Phi) is 2.52. The van der Waals surface area contributed by atoms with Crippen LogP contribution in [-0.2, 0) is 0 Å². The van der Waals surface area contributed by atoms with Crippen LogP contribution >= 0.6 is 0 Å². The van der Waals surface area contributed by atoms with Gasteiger partial charge in [0.25, 0.3) is 0 Å². The zero-order chi connectivity index (χ0) is 6.69. The highest BCUT2D eigenvalue weighted by atomic mass is 14.7. The Morgan fingerprint density at radius 2 is 2.22 bits per heavy atom. The molecule has 1 heteroatoms. The number of hydrogen-bond donors (Lipinski definition) is 1. The van der Waals surface area contributed by atoms with Crippen molar-refractivity contribution in [3.8, 4) is 0 Å². The Balaban J connectivity index is 2.22. The van der Waals surface area contributed by atoms with Crippen LogP contribution in [0.5, 0.6) is 0 Å². The zero-order valence-corrected chi connectivity index (χ0v) is 6.27. The lowest BCUT2D eigenvalue weighted by molar-refractivity contribution is 0.442. The second-order valence-electron chi connectivity index (χ2n) is 3.14. The Hall–Kier alpha value is -0.0400. The summed E-state index contributed by atoms with van der Waals surface area (Å²) in [6.07, 6.45) is 6.67. The molecule has 0 heterocycles. The first-order valence-corrected chi connectivity index (χ1v) is 4.10. The maximum Gasteiger partial charge on any atom is 0.00671 e. The topological polar surface area (TPSA) is 26.0 Å². The molecule has 2 atom stereocenters. The van der Waals surface area contributed by atoms with Gasteiger partial charge < -0.3 is 5.73 Å². The van der Waals surface area contributed by atoms with Crippen LogP contribution in [0.3, 0.4) is 0 Å². The molecule has 0 aromatic heterocycles. The van der Waals surface area contributed by atoms with E-state index in [0.717, 1.165) is 5.92 Å². The number of rotatable bonds is 2. The molecule has 1 rings (SSSR count). The van der Waals surface area contributed by atoms with Crippen molar-refractivity contribution in [3.05, 3.63) is 0 Å². The van der Waals surface area contributed by atoms with Gasteiger partial charge in [-0.1, -0.05) is 19.8 Å². The first kappa shape index (κ1) is 7.07. The minimum atomic E-state index is 0.532. The molecule has 1 fully saturated rings. The fourth-order valence-electron chi connectivity index (χ4n) is 1.79. The maximum absolute atomic E-state index is 5.87. The molecule has 54 valence electrons. The summed E-state index contributed by atoms with van der Waals surface area (Å²) in [6, 6.07) is 0.532. The predicted molar refractivity (Wildman–Crippen MR) is 40.2 cm³/mol. The Labute approximate surface area is 57.6 Å². The van der Waals surface area contributed by atoms with E-state index >= 15 is 0 Å². The number of nitrogens with two attached hydrogens (primary N) is 1. The van der Waals surface area contributed by atoms with Gasteiger partial charge in [-0.3, -0.25) is 0 Å². The van der Waals surface area contributed by atoms with Crippen LogP contribution in [0.25, 0.3) is 0 Å². The number of hydrogen-bond acceptors (Lipinski definition) is 1. The van der Waals surface area contributed by atoms with E-state index in [1.165, 1.54) is 32.1 Å². The van der Waals surface area contributed by atoms with Crippen molar-refractivity contribution in [2.24, 2.45) is 11.7 Å². The second-order valence-corrected chi connectivity index (χ2v) is 3.14. The highest BCUT2D eigenvalue weighted by Gasteiger charge is 2.22. The molecule has 0 radical (unpaired) electrons. The van der Waals surface area contributed by atoms with Crippen LogP contribution in [0.4, 0.5) is 0 Å². The highest BCUT2D eigenvalue weighted by Crippen LogP contribution is 2.27. The van der Waals surface area contributed by atoms with Crippen LogP contribution in [0, 0.1) is 5.92 Å². The van der Waals surface area contributed by atoms with Gasteiger partial charge in [-0.15, -0.1) is 0 Å².